The van der Waals surface area contributed by atoms with E-state index in [1.807, 2.05) is 0 Å². The highest BCUT2D eigenvalue weighted by atomic mass is 16.5. The van der Waals surface area contributed by atoms with Crippen molar-refractivity contribution in [3.63, 3.8) is 0 Å². The molecule has 0 radical (unpaired) electrons. The summed E-state index contributed by atoms with van der Waals surface area (Å²) >= 11 is 0. The minimum atomic E-state index is 0.618. The number of hydrogen-bond acceptors (Lipinski definition) is 3. The Balaban J connectivity index is 1.52. The molecule has 4 nitrogen and oxygen atoms in total. The molecule has 1 aliphatic rings. The fourth-order valence-corrected chi connectivity index (χ4v) is 3.69. The number of piperidine rings is 1. The van der Waals surface area contributed by atoms with Crippen molar-refractivity contribution in [1.29, 1.82) is 0 Å². The maximum Gasteiger partial charge on any atom is 0.119 e. The van der Waals surface area contributed by atoms with Gasteiger partial charge in [-0.2, -0.15) is 5.10 Å². The van der Waals surface area contributed by atoms with Crippen LogP contribution in [-0.2, 0) is 6.42 Å². The fourth-order valence-electron chi connectivity index (χ4n) is 3.69. The van der Waals surface area contributed by atoms with Crippen LogP contribution in [0.25, 0.3) is 5.69 Å². The van der Waals surface area contributed by atoms with Crippen LogP contribution in [0.15, 0.2) is 30.3 Å². The number of benzene rings is 1. The lowest BCUT2D eigenvalue weighted by Crippen LogP contribution is -2.31. The molecule has 1 aliphatic heterocycles. The molecule has 0 atom stereocenters. The van der Waals surface area contributed by atoms with Crippen LogP contribution in [0.3, 0.4) is 0 Å². The first-order chi connectivity index (χ1) is 12.6. The number of nitrogens with zero attached hydrogens (tertiary/aromatic N) is 3. The van der Waals surface area contributed by atoms with Crippen LogP contribution in [0, 0.1) is 12.8 Å². The number of likely N-dealkylation sites (tertiary alicyclic amines) is 1. The lowest BCUT2D eigenvalue weighted by Gasteiger charge is -2.26. The summed E-state index contributed by atoms with van der Waals surface area (Å²) in [6, 6.07) is 10.5. The number of aryl methyl sites for hydroxylation is 1. The largest absolute Gasteiger partial charge is 0.494 e. The van der Waals surface area contributed by atoms with E-state index in [1.165, 1.54) is 38.0 Å². The van der Waals surface area contributed by atoms with Crippen molar-refractivity contribution in [1.82, 2.24) is 14.7 Å². The van der Waals surface area contributed by atoms with Crippen LogP contribution >= 0.6 is 0 Å². The molecule has 3 rings (SSSR count). The number of hydrogen-bond donors (Lipinski definition) is 0. The van der Waals surface area contributed by atoms with Gasteiger partial charge >= 0.3 is 0 Å². The highest BCUT2D eigenvalue weighted by molar-refractivity contribution is 5.38. The molecule has 0 spiro atoms. The molecule has 2 aromatic rings. The van der Waals surface area contributed by atoms with Crippen LogP contribution < -0.4 is 4.74 Å². The quantitative estimate of drug-likeness (QED) is 0.647. The molecular formula is C22H33N3O. The number of ether oxygens (including phenoxy) is 1. The van der Waals surface area contributed by atoms with E-state index in [9.17, 15) is 0 Å². The molecule has 0 unspecified atom stereocenters. The summed E-state index contributed by atoms with van der Waals surface area (Å²) in [5, 5.41) is 4.66. The molecule has 0 aliphatic carbocycles. The van der Waals surface area contributed by atoms with Gasteiger partial charge in [0.05, 0.1) is 18.0 Å². The van der Waals surface area contributed by atoms with Gasteiger partial charge in [-0.1, -0.05) is 20.3 Å². The van der Waals surface area contributed by atoms with Crippen LogP contribution in [0.2, 0.25) is 0 Å². The normalized spacial score (nSPS) is 15.5. The van der Waals surface area contributed by atoms with Crippen LogP contribution in [0.4, 0.5) is 0 Å². The second kappa shape index (κ2) is 9.22. The first kappa shape index (κ1) is 19.0. The van der Waals surface area contributed by atoms with Gasteiger partial charge in [-0.25, -0.2) is 4.68 Å². The Labute approximate surface area is 158 Å². The Morgan fingerprint density at radius 3 is 2.50 bits per heavy atom. The zero-order chi connectivity index (χ0) is 18.4. The predicted octanol–water partition coefficient (Wildman–Crippen LogP) is 4.63. The number of rotatable bonds is 8. The highest BCUT2D eigenvalue weighted by Crippen LogP contribution is 2.19. The monoisotopic (exact) mass is 355 g/mol. The van der Waals surface area contributed by atoms with E-state index >= 15 is 0 Å². The zero-order valence-corrected chi connectivity index (χ0v) is 16.6. The Morgan fingerprint density at radius 2 is 1.81 bits per heavy atom. The van der Waals surface area contributed by atoms with E-state index in [-0.39, 0.29) is 0 Å². The molecule has 1 aromatic carbocycles. The minimum Gasteiger partial charge on any atom is -0.494 e. The summed E-state index contributed by atoms with van der Waals surface area (Å²) in [5.74, 6) is 1.56. The van der Waals surface area contributed by atoms with Crippen molar-refractivity contribution in [2.45, 2.75) is 52.9 Å². The molecule has 0 saturated carbocycles. The highest BCUT2D eigenvalue weighted by Gasteiger charge is 2.10. The Hall–Kier alpha value is -1.81. The molecule has 1 saturated heterocycles. The van der Waals surface area contributed by atoms with Gasteiger partial charge < -0.3 is 9.64 Å². The maximum absolute atomic E-state index is 5.93. The molecule has 1 fully saturated rings. The molecular weight excluding hydrogens is 322 g/mol. The average molecular weight is 356 g/mol. The summed E-state index contributed by atoms with van der Waals surface area (Å²) in [4.78, 5) is 2.56. The average Bonchev–Trinajstić information content (AvgIpc) is 2.99. The van der Waals surface area contributed by atoms with Crippen LogP contribution in [-0.4, -0.2) is 40.9 Å². The van der Waals surface area contributed by atoms with E-state index in [0.717, 1.165) is 43.1 Å². The summed E-state index contributed by atoms with van der Waals surface area (Å²) in [7, 11) is 0. The smallest absolute Gasteiger partial charge is 0.119 e. The van der Waals surface area contributed by atoms with Crippen molar-refractivity contribution in [2.24, 2.45) is 5.92 Å². The lowest BCUT2D eigenvalue weighted by atomic mass is 10.1. The summed E-state index contributed by atoms with van der Waals surface area (Å²) in [6.07, 6.45) is 6.24. The van der Waals surface area contributed by atoms with Crippen molar-refractivity contribution in [3.05, 3.63) is 41.7 Å². The van der Waals surface area contributed by atoms with Gasteiger partial charge in [0.2, 0.25) is 0 Å². The first-order valence-corrected chi connectivity index (χ1v) is 10.1. The summed E-state index contributed by atoms with van der Waals surface area (Å²) < 4.78 is 8.00. The van der Waals surface area contributed by atoms with E-state index < -0.39 is 0 Å². The standard InChI is InChI=1S/C22H33N3O/c1-18(2)16-21-17-19(3)23-25(21)20-8-10-22(11-9-20)26-15-7-14-24-12-5-4-6-13-24/h8-11,17-18H,4-7,12-16H2,1-3H3. The van der Waals surface area contributed by atoms with Crippen LogP contribution in [0.5, 0.6) is 5.75 Å². The third-order valence-electron chi connectivity index (χ3n) is 4.94. The maximum atomic E-state index is 5.93. The van der Waals surface area contributed by atoms with E-state index in [4.69, 9.17) is 4.74 Å². The van der Waals surface area contributed by atoms with Gasteiger partial charge in [-0.3, -0.25) is 0 Å². The molecule has 0 amide bonds. The van der Waals surface area contributed by atoms with Crippen molar-refractivity contribution >= 4 is 0 Å². The molecule has 0 bridgehead atoms. The molecule has 142 valence electrons. The predicted molar refractivity (Wildman–Crippen MR) is 107 cm³/mol. The molecule has 26 heavy (non-hydrogen) atoms. The second-order valence-electron chi connectivity index (χ2n) is 7.89. The third kappa shape index (κ3) is 5.34. The van der Waals surface area contributed by atoms with Gasteiger partial charge in [0.1, 0.15) is 5.75 Å². The van der Waals surface area contributed by atoms with Crippen molar-refractivity contribution < 1.29 is 4.74 Å². The summed E-state index contributed by atoms with van der Waals surface area (Å²) in [5.41, 5.74) is 3.45. The van der Waals surface area contributed by atoms with E-state index in [0.29, 0.717) is 5.92 Å². The number of aromatic nitrogens is 2. The van der Waals surface area contributed by atoms with E-state index in [2.05, 4.69) is 65.8 Å². The molecule has 1 aromatic heterocycles. The molecule has 0 N–H and O–H groups in total. The third-order valence-corrected chi connectivity index (χ3v) is 4.94. The topological polar surface area (TPSA) is 30.3 Å². The van der Waals surface area contributed by atoms with Crippen LogP contribution in [0.1, 0.15) is 50.9 Å². The Kier molecular flexibility index (Phi) is 6.73. The first-order valence-electron chi connectivity index (χ1n) is 10.1. The van der Waals surface area contributed by atoms with Gasteiger partial charge in [-0.15, -0.1) is 0 Å². The Bertz CT molecular complexity index is 669. The molecule has 4 heteroatoms. The van der Waals surface area contributed by atoms with Gasteiger partial charge in [0, 0.05) is 12.2 Å². The van der Waals surface area contributed by atoms with Gasteiger partial charge in [0.25, 0.3) is 0 Å². The summed E-state index contributed by atoms with van der Waals surface area (Å²) in [6.45, 7) is 11.0. The SMILES string of the molecule is Cc1cc(CC(C)C)n(-c2ccc(OCCCN3CCCCC3)cc2)n1. The Morgan fingerprint density at radius 1 is 1.08 bits per heavy atom. The fraction of sp³-hybridized carbons (Fsp3) is 0.591. The van der Waals surface area contributed by atoms with Gasteiger partial charge in [-0.05, 0) is 81.9 Å². The molecule has 2 heterocycles. The van der Waals surface area contributed by atoms with Crippen molar-refractivity contribution in [2.75, 3.05) is 26.2 Å². The second-order valence-corrected chi connectivity index (χ2v) is 7.89. The zero-order valence-electron chi connectivity index (χ0n) is 16.6. The lowest BCUT2D eigenvalue weighted by molar-refractivity contribution is 0.205. The minimum absolute atomic E-state index is 0.618. The van der Waals surface area contributed by atoms with Crippen molar-refractivity contribution in [3.8, 4) is 11.4 Å². The van der Waals surface area contributed by atoms with E-state index in [1.54, 1.807) is 0 Å². The van der Waals surface area contributed by atoms with Gasteiger partial charge in [0.15, 0.2) is 0 Å².